The fraction of sp³-hybridized carbons (Fsp3) is 0.533. The molecular weight excluding hydrogens is 275 g/mol. The highest BCUT2D eigenvalue weighted by molar-refractivity contribution is 5.98. The molecule has 0 atom stereocenters. The van der Waals surface area contributed by atoms with Crippen LogP contribution in [-0.4, -0.2) is 16.9 Å². The average Bonchev–Trinajstić information content (AvgIpc) is 2.41. The van der Waals surface area contributed by atoms with Crippen molar-refractivity contribution in [1.82, 2.24) is 5.32 Å². The summed E-state index contributed by atoms with van der Waals surface area (Å²) < 4.78 is 13.3. The van der Waals surface area contributed by atoms with E-state index in [1.807, 2.05) is 0 Å². The average molecular weight is 294 g/mol. The number of amides is 1. The zero-order valence-corrected chi connectivity index (χ0v) is 11.8. The summed E-state index contributed by atoms with van der Waals surface area (Å²) in [5.74, 6) is -1.21. The van der Waals surface area contributed by atoms with E-state index in [-0.39, 0.29) is 17.3 Å². The first-order valence-corrected chi connectivity index (χ1v) is 7.33. The van der Waals surface area contributed by atoms with Crippen molar-refractivity contribution in [2.45, 2.75) is 51.0 Å². The number of carbonyl (C=O) groups is 1. The van der Waals surface area contributed by atoms with Gasteiger partial charge in [0.15, 0.2) is 0 Å². The molecule has 1 saturated carbocycles. The largest absolute Gasteiger partial charge is 0.349 e. The normalized spacial score (nSPS) is 16.8. The van der Waals surface area contributed by atoms with E-state index >= 15 is 0 Å². The minimum Gasteiger partial charge on any atom is -0.349 e. The molecule has 6 heteroatoms. The molecule has 0 spiro atoms. The maximum Gasteiger partial charge on any atom is 0.282 e. The molecule has 1 aromatic carbocycles. The number of carbonyl (C=O) groups excluding carboxylic acids is 1. The van der Waals surface area contributed by atoms with E-state index in [1.54, 1.807) is 0 Å². The molecule has 0 saturated heterocycles. The van der Waals surface area contributed by atoms with Crippen molar-refractivity contribution in [1.29, 1.82) is 0 Å². The molecule has 0 aliphatic heterocycles. The Balaban J connectivity index is 2.11. The first-order valence-electron chi connectivity index (χ1n) is 7.33. The molecule has 1 aliphatic carbocycles. The van der Waals surface area contributed by atoms with Crippen molar-refractivity contribution < 1.29 is 14.1 Å². The number of hydrogen-bond donors (Lipinski definition) is 1. The van der Waals surface area contributed by atoms with Crippen molar-refractivity contribution in [3.8, 4) is 0 Å². The minimum atomic E-state index is -0.660. The monoisotopic (exact) mass is 294 g/mol. The molecule has 5 nitrogen and oxygen atoms in total. The van der Waals surface area contributed by atoms with Gasteiger partial charge in [-0.25, -0.2) is 4.39 Å². The molecule has 0 radical (unpaired) electrons. The number of rotatable bonds is 3. The van der Waals surface area contributed by atoms with Gasteiger partial charge in [-0.2, -0.15) is 0 Å². The Hall–Kier alpha value is -1.98. The fourth-order valence-electron chi connectivity index (χ4n) is 2.71. The van der Waals surface area contributed by atoms with Gasteiger partial charge < -0.3 is 5.32 Å². The van der Waals surface area contributed by atoms with Crippen LogP contribution in [0.15, 0.2) is 18.2 Å². The molecule has 1 amide bonds. The lowest BCUT2D eigenvalue weighted by atomic mass is 9.96. The smallest absolute Gasteiger partial charge is 0.282 e. The van der Waals surface area contributed by atoms with Gasteiger partial charge in [-0.3, -0.25) is 14.9 Å². The highest BCUT2D eigenvalue weighted by Gasteiger charge is 2.23. The van der Waals surface area contributed by atoms with Gasteiger partial charge in [-0.1, -0.05) is 32.1 Å². The molecule has 0 unspecified atom stereocenters. The Kier molecular flexibility index (Phi) is 5.25. The van der Waals surface area contributed by atoms with Gasteiger partial charge in [0.2, 0.25) is 0 Å². The Morgan fingerprint density at radius 1 is 1.19 bits per heavy atom. The van der Waals surface area contributed by atoms with E-state index in [9.17, 15) is 19.3 Å². The predicted molar refractivity (Wildman–Crippen MR) is 76.6 cm³/mol. The first kappa shape index (κ1) is 15.4. The fourth-order valence-corrected chi connectivity index (χ4v) is 2.71. The van der Waals surface area contributed by atoms with Crippen LogP contribution < -0.4 is 5.32 Å². The quantitative estimate of drug-likeness (QED) is 0.684. The number of hydrogen-bond acceptors (Lipinski definition) is 3. The van der Waals surface area contributed by atoms with Gasteiger partial charge in [0.25, 0.3) is 11.6 Å². The summed E-state index contributed by atoms with van der Waals surface area (Å²) in [6.07, 6.45) is 7.32. The molecule has 0 heterocycles. The van der Waals surface area contributed by atoms with Crippen LogP contribution >= 0.6 is 0 Å². The third-order valence-corrected chi connectivity index (χ3v) is 3.84. The van der Waals surface area contributed by atoms with Crippen LogP contribution in [0, 0.1) is 15.9 Å². The Labute approximate surface area is 122 Å². The highest BCUT2D eigenvalue weighted by Crippen LogP contribution is 2.21. The molecule has 0 aromatic heterocycles. The van der Waals surface area contributed by atoms with Crippen LogP contribution in [0.5, 0.6) is 0 Å². The van der Waals surface area contributed by atoms with Crippen LogP contribution in [0.2, 0.25) is 0 Å². The lowest BCUT2D eigenvalue weighted by molar-refractivity contribution is -0.385. The van der Waals surface area contributed by atoms with Gasteiger partial charge in [0, 0.05) is 12.1 Å². The summed E-state index contributed by atoms with van der Waals surface area (Å²) in [4.78, 5) is 22.5. The summed E-state index contributed by atoms with van der Waals surface area (Å²) >= 11 is 0. The zero-order valence-electron chi connectivity index (χ0n) is 11.8. The third kappa shape index (κ3) is 4.24. The van der Waals surface area contributed by atoms with Gasteiger partial charge in [-0.05, 0) is 25.0 Å². The second kappa shape index (κ2) is 7.15. The second-order valence-electron chi connectivity index (χ2n) is 5.43. The Morgan fingerprint density at radius 3 is 2.43 bits per heavy atom. The van der Waals surface area contributed by atoms with Crippen LogP contribution in [0.4, 0.5) is 10.1 Å². The van der Waals surface area contributed by atoms with Gasteiger partial charge >= 0.3 is 0 Å². The van der Waals surface area contributed by atoms with E-state index in [2.05, 4.69) is 5.32 Å². The van der Waals surface area contributed by atoms with Gasteiger partial charge in [-0.15, -0.1) is 0 Å². The standard InChI is InChI=1S/C15H19FN2O3/c16-11-8-9-14(18(20)21)13(10-11)15(19)17-12-6-4-2-1-3-5-7-12/h8-10,12H,1-7H2,(H,17,19). The molecule has 0 bridgehead atoms. The highest BCUT2D eigenvalue weighted by atomic mass is 19.1. The van der Waals surface area contributed by atoms with Crippen LogP contribution in [0.3, 0.4) is 0 Å². The van der Waals surface area contributed by atoms with Gasteiger partial charge in [0.1, 0.15) is 11.4 Å². The van der Waals surface area contributed by atoms with E-state index in [4.69, 9.17) is 0 Å². The molecule has 1 aliphatic rings. The summed E-state index contributed by atoms with van der Waals surface area (Å²) in [7, 11) is 0. The van der Waals surface area contributed by atoms with E-state index in [0.29, 0.717) is 0 Å². The van der Waals surface area contributed by atoms with Crippen LogP contribution in [0.25, 0.3) is 0 Å². The number of benzene rings is 1. The number of nitro benzene ring substituents is 1. The molecule has 114 valence electrons. The SMILES string of the molecule is O=C(NC1CCCCCCC1)c1cc(F)ccc1[N+](=O)[O-]. The van der Waals surface area contributed by atoms with Gasteiger partial charge in [0.05, 0.1) is 4.92 Å². The Morgan fingerprint density at radius 2 is 1.81 bits per heavy atom. The minimum absolute atomic E-state index is 0.0145. The molecular formula is C15H19FN2O3. The maximum atomic E-state index is 13.3. The summed E-state index contributed by atoms with van der Waals surface area (Å²) in [6, 6.07) is 2.96. The summed E-state index contributed by atoms with van der Waals surface area (Å²) in [6.45, 7) is 0. The second-order valence-corrected chi connectivity index (χ2v) is 5.43. The molecule has 1 aromatic rings. The number of nitrogens with zero attached hydrogens (tertiary/aromatic N) is 1. The molecule has 2 rings (SSSR count). The Bertz CT molecular complexity index is 526. The summed E-state index contributed by atoms with van der Waals surface area (Å²) in [5.41, 5.74) is -0.568. The van der Waals surface area contributed by atoms with Crippen LogP contribution in [-0.2, 0) is 0 Å². The van der Waals surface area contributed by atoms with Crippen molar-refractivity contribution >= 4 is 11.6 Å². The van der Waals surface area contributed by atoms with Crippen LogP contribution in [0.1, 0.15) is 55.3 Å². The zero-order chi connectivity index (χ0) is 15.2. The number of nitrogens with one attached hydrogen (secondary N) is 1. The van der Waals surface area contributed by atoms with E-state index < -0.39 is 16.6 Å². The molecule has 21 heavy (non-hydrogen) atoms. The van der Waals surface area contributed by atoms with Crippen molar-refractivity contribution in [3.05, 3.63) is 39.7 Å². The lowest BCUT2D eigenvalue weighted by Gasteiger charge is -2.21. The first-order chi connectivity index (χ1) is 10.1. The van der Waals surface area contributed by atoms with Crippen molar-refractivity contribution in [2.24, 2.45) is 0 Å². The predicted octanol–water partition coefficient (Wildman–Crippen LogP) is 3.58. The third-order valence-electron chi connectivity index (χ3n) is 3.84. The summed E-state index contributed by atoms with van der Waals surface area (Å²) in [5, 5.41) is 13.7. The molecule has 1 fully saturated rings. The number of nitro groups is 1. The topological polar surface area (TPSA) is 72.2 Å². The van der Waals surface area contributed by atoms with E-state index in [0.717, 1.165) is 56.7 Å². The van der Waals surface area contributed by atoms with Crippen molar-refractivity contribution in [2.75, 3.05) is 0 Å². The lowest BCUT2D eigenvalue weighted by Crippen LogP contribution is -2.35. The number of halogens is 1. The van der Waals surface area contributed by atoms with E-state index in [1.165, 1.54) is 6.42 Å². The maximum absolute atomic E-state index is 13.3. The molecule has 1 N–H and O–H groups in total. The van der Waals surface area contributed by atoms with Crippen molar-refractivity contribution in [3.63, 3.8) is 0 Å².